The minimum Gasteiger partial charge on any atom is -0.341 e. The molecular formula is C18H22ClN5O2. The summed E-state index contributed by atoms with van der Waals surface area (Å²) in [5, 5.41) is 7.46. The molecule has 1 unspecified atom stereocenters. The Hall–Kier alpha value is -2.38. The van der Waals surface area contributed by atoms with Gasteiger partial charge in [0.2, 0.25) is 5.91 Å². The van der Waals surface area contributed by atoms with E-state index in [0.717, 1.165) is 5.69 Å². The van der Waals surface area contributed by atoms with Crippen molar-refractivity contribution in [2.24, 2.45) is 12.8 Å². The van der Waals surface area contributed by atoms with E-state index < -0.39 is 6.04 Å². The molecule has 1 saturated heterocycles. The molecule has 0 aliphatic carbocycles. The summed E-state index contributed by atoms with van der Waals surface area (Å²) in [6.45, 7) is 2.65. The van der Waals surface area contributed by atoms with Crippen LogP contribution < -0.4 is 11.1 Å². The third-order valence-electron chi connectivity index (χ3n) is 4.74. The Morgan fingerprint density at radius 3 is 2.58 bits per heavy atom. The minimum atomic E-state index is -0.643. The number of likely N-dealkylation sites (tertiary alicyclic amines) is 1. The van der Waals surface area contributed by atoms with Crippen molar-refractivity contribution in [2.45, 2.75) is 24.9 Å². The second-order valence-electron chi connectivity index (χ2n) is 6.60. The molecule has 1 fully saturated rings. The lowest BCUT2D eigenvalue weighted by molar-refractivity contribution is -0.131. The van der Waals surface area contributed by atoms with Crippen molar-refractivity contribution in [1.82, 2.24) is 20.0 Å². The molecule has 0 radical (unpaired) electrons. The molecule has 0 saturated carbocycles. The minimum absolute atomic E-state index is 0.0330. The molecule has 7 nitrogen and oxygen atoms in total. The van der Waals surface area contributed by atoms with Crippen LogP contribution in [0.15, 0.2) is 36.5 Å². The van der Waals surface area contributed by atoms with Crippen molar-refractivity contribution >= 4 is 23.4 Å². The SMILES string of the molecule is CC(NC(=O)c1ccc(Cl)cc1)C(=O)N1C[C@@H](N)[C@H](c2ccnn2C)C1. The normalized spacial score (nSPS) is 20.8. The average molecular weight is 376 g/mol. The lowest BCUT2D eigenvalue weighted by atomic mass is 10.0. The van der Waals surface area contributed by atoms with E-state index in [1.807, 2.05) is 13.1 Å². The third kappa shape index (κ3) is 3.73. The maximum Gasteiger partial charge on any atom is 0.251 e. The number of hydrogen-bond donors (Lipinski definition) is 2. The van der Waals surface area contributed by atoms with Crippen molar-refractivity contribution in [3.63, 3.8) is 0 Å². The van der Waals surface area contributed by atoms with Crippen LogP contribution in [0.3, 0.4) is 0 Å². The molecule has 0 bridgehead atoms. The standard InChI is InChI=1S/C18H22ClN5O2/c1-11(22-17(25)12-3-5-13(19)6-4-12)18(26)24-9-14(15(20)10-24)16-7-8-21-23(16)2/h3-8,11,14-15H,9-10,20H2,1-2H3,(H,22,25)/t11?,14-,15-/m1/s1. The van der Waals surface area contributed by atoms with E-state index in [1.165, 1.54) is 0 Å². The number of rotatable bonds is 4. The number of carbonyl (C=O) groups excluding carboxylic acids is 2. The van der Waals surface area contributed by atoms with Gasteiger partial charge in [-0.1, -0.05) is 11.6 Å². The predicted molar refractivity (Wildman–Crippen MR) is 98.9 cm³/mol. The monoisotopic (exact) mass is 375 g/mol. The third-order valence-corrected chi connectivity index (χ3v) is 4.99. The molecule has 3 rings (SSSR count). The Kier molecular flexibility index (Phi) is 5.29. The summed E-state index contributed by atoms with van der Waals surface area (Å²) in [6.07, 6.45) is 1.72. The van der Waals surface area contributed by atoms with Crippen LogP contribution in [0.2, 0.25) is 5.02 Å². The highest BCUT2D eigenvalue weighted by atomic mass is 35.5. The van der Waals surface area contributed by atoms with Gasteiger partial charge in [-0.2, -0.15) is 5.10 Å². The van der Waals surface area contributed by atoms with Crippen molar-refractivity contribution in [2.75, 3.05) is 13.1 Å². The molecule has 3 atom stereocenters. The van der Waals surface area contributed by atoms with E-state index >= 15 is 0 Å². The zero-order valence-electron chi connectivity index (χ0n) is 14.7. The van der Waals surface area contributed by atoms with Gasteiger partial charge in [0, 0.05) is 54.6 Å². The van der Waals surface area contributed by atoms with E-state index in [-0.39, 0.29) is 23.8 Å². The highest BCUT2D eigenvalue weighted by Crippen LogP contribution is 2.26. The molecule has 138 valence electrons. The summed E-state index contributed by atoms with van der Waals surface area (Å²) in [4.78, 5) is 26.7. The number of nitrogens with zero attached hydrogens (tertiary/aromatic N) is 3. The van der Waals surface area contributed by atoms with Crippen LogP contribution in [-0.2, 0) is 11.8 Å². The molecule has 2 amide bonds. The van der Waals surface area contributed by atoms with Gasteiger partial charge in [-0.3, -0.25) is 14.3 Å². The second-order valence-corrected chi connectivity index (χ2v) is 7.03. The van der Waals surface area contributed by atoms with Crippen LogP contribution in [0.25, 0.3) is 0 Å². The molecule has 2 aromatic rings. The number of nitrogens with one attached hydrogen (secondary N) is 1. The van der Waals surface area contributed by atoms with Crippen LogP contribution in [-0.4, -0.2) is 51.7 Å². The molecular weight excluding hydrogens is 354 g/mol. The van der Waals surface area contributed by atoms with Gasteiger partial charge in [0.05, 0.1) is 0 Å². The van der Waals surface area contributed by atoms with Gasteiger partial charge in [0.1, 0.15) is 6.04 Å². The fourth-order valence-corrected chi connectivity index (χ4v) is 3.41. The maximum absolute atomic E-state index is 12.7. The first kappa shape index (κ1) is 18.4. The molecule has 2 heterocycles. The van der Waals surface area contributed by atoms with Crippen molar-refractivity contribution in [1.29, 1.82) is 0 Å². The van der Waals surface area contributed by atoms with Crippen LogP contribution >= 0.6 is 11.6 Å². The number of amides is 2. The largest absolute Gasteiger partial charge is 0.341 e. The van der Waals surface area contributed by atoms with Gasteiger partial charge < -0.3 is 16.0 Å². The van der Waals surface area contributed by atoms with Gasteiger partial charge >= 0.3 is 0 Å². The number of nitrogens with two attached hydrogens (primary N) is 1. The number of halogens is 1. The summed E-state index contributed by atoms with van der Waals surface area (Å²) >= 11 is 5.83. The lowest BCUT2D eigenvalue weighted by Crippen LogP contribution is -2.46. The Balaban J connectivity index is 1.63. The molecule has 0 spiro atoms. The van der Waals surface area contributed by atoms with E-state index in [9.17, 15) is 9.59 Å². The van der Waals surface area contributed by atoms with Crippen LogP contribution in [0.5, 0.6) is 0 Å². The molecule has 3 N–H and O–H groups in total. The molecule has 1 aliphatic heterocycles. The van der Waals surface area contributed by atoms with Crippen molar-refractivity contribution < 1.29 is 9.59 Å². The Morgan fingerprint density at radius 1 is 1.27 bits per heavy atom. The van der Waals surface area contributed by atoms with Gasteiger partial charge in [-0.15, -0.1) is 0 Å². The van der Waals surface area contributed by atoms with E-state index in [0.29, 0.717) is 23.7 Å². The second kappa shape index (κ2) is 7.47. The zero-order valence-corrected chi connectivity index (χ0v) is 15.5. The molecule has 26 heavy (non-hydrogen) atoms. The number of benzene rings is 1. The highest BCUT2D eigenvalue weighted by Gasteiger charge is 2.37. The molecule has 1 aromatic heterocycles. The Labute approximate surface area is 157 Å². The molecule has 1 aromatic carbocycles. The molecule has 8 heteroatoms. The van der Waals surface area contributed by atoms with Gasteiger partial charge in [0.25, 0.3) is 5.91 Å². The number of aryl methyl sites for hydroxylation is 1. The fourth-order valence-electron chi connectivity index (χ4n) is 3.29. The summed E-state index contributed by atoms with van der Waals surface area (Å²) < 4.78 is 1.78. The quantitative estimate of drug-likeness (QED) is 0.838. The van der Waals surface area contributed by atoms with Gasteiger partial charge in [-0.25, -0.2) is 0 Å². The first-order valence-corrected chi connectivity index (χ1v) is 8.83. The summed E-state index contributed by atoms with van der Waals surface area (Å²) in [6, 6.07) is 7.65. The Bertz CT molecular complexity index is 804. The average Bonchev–Trinajstić information content (AvgIpc) is 3.19. The number of aromatic nitrogens is 2. The number of carbonyl (C=O) groups is 2. The number of hydrogen-bond acceptors (Lipinski definition) is 4. The topological polar surface area (TPSA) is 93.2 Å². The summed E-state index contributed by atoms with van der Waals surface area (Å²) in [7, 11) is 1.86. The predicted octanol–water partition coefficient (Wildman–Crippen LogP) is 1.15. The van der Waals surface area contributed by atoms with Crippen molar-refractivity contribution in [3.8, 4) is 0 Å². The van der Waals surface area contributed by atoms with E-state index in [4.69, 9.17) is 17.3 Å². The molecule has 1 aliphatic rings. The summed E-state index contributed by atoms with van der Waals surface area (Å²) in [5.74, 6) is -0.424. The summed E-state index contributed by atoms with van der Waals surface area (Å²) in [5.41, 5.74) is 7.70. The fraction of sp³-hybridized carbons (Fsp3) is 0.389. The first-order valence-electron chi connectivity index (χ1n) is 8.45. The highest BCUT2D eigenvalue weighted by molar-refractivity contribution is 6.30. The van der Waals surface area contributed by atoms with Gasteiger partial charge in [0.15, 0.2) is 0 Å². The maximum atomic E-state index is 12.7. The van der Waals surface area contributed by atoms with E-state index in [1.54, 1.807) is 47.0 Å². The first-order chi connectivity index (χ1) is 12.4. The lowest BCUT2D eigenvalue weighted by Gasteiger charge is -2.21. The van der Waals surface area contributed by atoms with E-state index in [2.05, 4.69) is 10.4 Å². The van der Waals surface area contributed by atoms with Crippen LogP contribution in [0, 0.1) is 0 Å². The zero-order chi connectivity index (χ0) is 18.8. The van der Waals surface area contributed by atoms with Gasteiger partial charge in [-0.05, 0) is 37.3 Å². The van der Waals surface area contributed by atoms with Crippen LogP contribution in [0.4, 0.5) is 0 Å². The smallest absolute Gasteiger partial charge is 0.251 e. The van der Waals surface area contributed by atoms with Crippen molar-refractivity contribution in [3.05, 3.63) is 52.8 Å². The van der Waals surface area contributed by atoms with Crippen LogP contribution in [0.1, 0.15) is 28.9 Å². The Morgan fingerprint density at radius 2 is 1.96 bits per heavy atom.